The second-order valence-electron chi connectivity index (χ2n) is 7.09. The zero-order valence-electron chi connectivity index (χ0n) is 16.8. The number of rotatable bonds is 8. The Kier molecular flexibility index (Phi) is 6.79. The molecule has 1 amide bonds. The molecule has 3 rings (SSSR count). The van der Waals surface area contributed by atoms with Crippen LogP contribution in [0.3, 0.4) is 0 Å². The minimum atomic E-state index is -0.632. The van der Waals surface area contributed by atoms with Gasteiger partial charge in [-0.15, -0.1) is 0 Å². The van der Waals surface area contributed by atoms with Crippen molar-refractivity contribution in [1.82, 2.24) is 4.90 Å². The molecular weight excluding hydrogens is 391 g/mol. The van der Waals surface area contributed by atoms with Crippen molar-refractivity contribution in [2.45, 2.75) is 25.4 Å². The Morgan fingerprint density at radius 2 is 1.57 bits per heavy atom. The van der Waals surface area contributed by atoms with Gasteiger partial charge in [0.25, 0.3) is 0 Å². The van der Waals surface area contributed by atoms with E-state index in [-0.39, 0.29) is 29.4 Å². The highest BCUT2D eigenvalue weighted by Gasteiger charge is 2.30. The monoisotopic (exact) mass is 414 g/mol. The van der Waals surface area contributed by atoms with E-state index < -0.39 is 11.9 Å². The zero-order chi connectivity index (χ0) is 21.7. The summed E-state index contributed by atoms with van der Waals surface area (Å²) in [6, 6.07) is 10.7. The Morgan fingerprint density at radius 1 is 1.00 bits per heavy atom. The molecule has 0 bridgehead atoms. The minimum absolute atomic E-state index is 0.123. The van der Waals surface area contributed by atoms with Gasteiger partial charge in [-0.05, 0) is 48.7 Å². The van der Waals surface area contributed by atoms with E-state index in [9.17, 15) is 18.8 Å². The van der Waals surface area contributed by atoms with Crippen molar-refractivity contribution in [2.75, 3.05) is 26.1 Å². The second-order valence-corrected chi connectivity index (χ2v) is 7.09. The van der Waals surface area contributed by atoms with E-state index in [0.717, 1.165) is 18.4 Å². The Bertz CT molecular complexity index is 907. The average molecular weight is 414 g/mol. The van der Waals surface area contributed by atoms with Crippen LogP contribution in [-0.2, 0) is 20.8 Å². The summed E-state index contributed by atoms with van der Waals surface area (Å²) >= 11 is 0. The maximum Gasteiger partial charge on any atom is 0.337 e. The molecule has 1 aliphatic carbocycles. The van der Waals surface area contributed by atoms with Crippen LogP contribution in [0.25, 0.3) is 0 Å². The quantitative estimate of drug-likeness (QED) is 0.669. The van der Waals surface area contributed by atoms with E-state index in [1.807, 2.05) is 4.90 Å². The molecule has 2 aromatic rings. The first-order valence-electron chi connectivity index (χ1n) is 9.49. The van der Waals surface area contributed by atoms with Gasteiger partial charge in [0.2, 0.25) is 5.91 Å². The summed E-state index contributed by atoms with van der Waals surface area (Å²) in [7, 11) is 2.46. The molecule has 1 aliphatic rings. The van der Waals surface area contributed by atoms with Gasteiger partial charge in [-0.3, -0.25) is 9.69 Å². The van der Waals surface area contributed by atoms with Crippen molar-refractivity contribution in [3.8, 4) is 0 Å². The molecule has 0 spiro atoms. The van der Waals surface area contributed by atoms with Crippen molar-refractivity contribution in [3.63, 3.8) is 0 Å². The van der Waals surface area contributed by atoms with Gasteiger partial charge < -0.3 is 14.8 Å². The van der Waals surface area contributed by atoms with Crippen molar-refractivity contribution < 1.29 is 28.2 Å². The fourth-order valence-corrected chi connectivity index (χ4v) is 3.13. The molecule has 0 atom stereocenters. The highest BCUT2D eigenvalue weighted by Crippen LogP contribution is 2.28. The number of nitrogens with zero attached hydrogens (tertiary/aromatic N) is 1. The largest absolute Gasteiger partial charge is 0.465 e. The predicted octanol–water partition coefficient (Wildman–Crippen LogP) is 3.00. The molecule has 1 fully saturated rings. The van der Waals surface area contributed by atoms with Crippen LogP contribution in [0.5, 0.6) is 0 Å². The van der Waals surface area contributed by atoms with Crippen LogP contribution in [0.15, 0.2) is 42.5 Å². The van der Waals surface area contributed by atoms with E-state index in [1.54, 1.807) is 12.1 Å². The summed E-state index contributed by atoms with van der Waals surface area (Å²) in [6.07, 6.45) is 2.00. The number of esters is 2. The van der Waals surface area contributed by atoms with Crippen LogP contribution in [-0.4, -0.2) is 49.6 Å². The topological polar surface area (TPSA) is 84.9 Å². The van der Waals surface area contributed by atoms with Crippen LogP contribution in [0.4, 0.5) is 10.1 Å². The average Bonchev–Trinajstić information content (AvgIpc) is 3.58. The SMILES string of the molecule is COC(=O)c1cc(NC(=O)CN(Cc2ccc(F)cc2)C2CC2)cc(C(=O)OC)c1. The summed E-state index contributed by atoms with van der Waals surface area (Å²) in [4.78, 5) is 38.5. The van der Waals surface area contributed by atoms with Gasteiger partial charge in [-0.1, -0.05) is 12.1 Å². The maximum absolute atomic E-state index is 13.1. The van der Waals surface area contributed by atoms with Gasteiger partial charge in [0, 0.05) is 18.3 Å². The molecule has 30 heavy (non-hydrogen) atoms. The molecule has 7 nitrogen and oxygen atoms in total. The van der Waals surface area contributed by atoms with E-state index in [4.69, 9.17) is 9.47 Å². The fourth-order valence-electron chi connectivity index (χ4n) is 3.13. The second kappa shape index (κ2) is 9.49. The lowest BCUT2D eigenvalue weighted by Gasteiger charge is -2.21. The number of carbonyl (C=O) groups excluding carboxylic acids is 3. The Labute approximate surface area is 173 Å². The molecule has 8 heteroatoms. The molecule has 0 aromatic heterocycles. The first kappa shape index (κ1) is 21.4. The number of benzene rings is 2. The van der Waals surface area contributed by atoms with E-state index >= 15 is 0 Å². The number of hydrogen-bond acceptors (Lipinski definition) is 6. The van der Waals surface area contributed by atoms with E-state index in [2.05, 4.69) is 5.32 Å². The maximum atomic E-state index is 13.1. The number of methoxy groups -OCH3 is 2. The third-order valence-corrected chi connectivity index (χ3v) is 4.77. The lowest BCUT2D eigenvalue weighted by molar-refractivity contribution is -0.117. The van der Waals surface area contributed by atoms with Gasteiger partial charge >= 0.3 is 11.9 Å². The molecule has 0 radical (unpaired) electrons. The number of ether oxygens (including phenoxy) is 2. The lowest BCUT2D eigenvalue weighted by atomic mass is 10.1. The molecule has 0 unspecified atom stereocenters. The van der Waals surface area contributed by atoms with Crippen LogP contribution >= 0.6 is 0 Å². The third-order valence-electron chi connectivity index (χ3n) is 4.77. The van der Waals surface area contributed by atoms with Crippen LogP contribution in [0, 0.1) is 5.82 Å². The number of hydrogen-bond donors (Lipinski definition) is 1. The lowest BCUT2D eigenvalue weighted by Crippen LogP contribution is -2.34. The summed E-state index contributed by atoms with van der Waals surface area (Å²) in [5.74, 6) is -1.86. The van der Waals surface area contributed by atoms with Crippen molar-refractivity contribution in [1.29, 1.82) is 0 Å². The Balaban J connectivity index is 1.72. The van der Waals surface area contributed by atoms with Gasteiger partial charge in [-0.2, -0.15) is 0 Å². The smallest absolute Gasteiger partial charge is 0.337 e. The van der Waals surface area contributed by atoms with Crippen molar-refractivity contribution in [2.24, 2.45) is 0 Å². The van der Waals surface area contributed by atoms with Crippen molar-refractivity contribution >= 4 is 23.5 Å². The number of anilines is 1. The Morgan fingerprint density at radius 3 is 2.07 bits per heavy atom. The van der Waals surface area contributed by atoms with Gasteiger partial charge in [-0.25, -0.2) is 14.0 Å². The van der Waals surface area contributed by atoms with Gasteiger partial charge in [0.15, 0.2) is 0 Å². The number of halogens is 1. The predicted molar refractivity (Wildman–Crippen MR) is 108 cm³/mol. The normalized spacial score (nSPS) is 13.1. The van der Waals surface area contributed by atoms with Crippen LogP contribution in [0.1, 0.15) is 39.1 Å². The molecule has 158 valence electrons. The summed E-state index contributed by atoms with van der Waals surface area (Å²) in [5, 5.41) is 2.73. The summed E-state index contributed by atoms with van der Waals surface area (Å²) in [6.45, 7) is 0.645. The van der Waals surface area contributed by atoms with Crippen LogP contribution in [0.2, 0.25) is 0 Å². The summed E-state index contributed by atoms with van der Waals surface area (Å²) in [5.41, 5.74) is 1.46. The number of carbonyl (C=O) groups is 3. The summed E-state index contributed by atoms with van der Waals surface area (Å²) < 4.78 is 22.5. The highest BCUT2D eigenvalue weighted by atomic mass is 19.1. The number of amides is 1. The Hall–Kier alpha value is -3.26. The third kappa shape index (κ3) is 5.64. The van der Waals surface area contributed by atoms with Gasteiger partial charge in [0.05, 0.1) is 31.9 Å². The highest BCUT2D eigenvalue weighted by molar-refractivity contribution is 5.99. The van der Waals surface area contributed by atoms with Crippen molar-refractivity contribution in [3.05, 3.63) is 65.0 Å². The van der Waals surface area contributed by atoms with Crippen LogP contribution < -0.4 is 5.32 Å². The molecule has 1 N–H and O–H groups in total. The molecule has 2 aromatic carbocycles. The molecule has 0 saturated heterocycles. The molecular formula is C22H23FN2O5. The standard InChI is InChI=1S/C22H23FN2O5/c1-29-21(27)15-9-16(22(28)30-2)11-18(10-15)24-20(26)13-25(19-7-8-19)12-14-3-5-17(23)6-4-14/h3-6,9-11,19H,7-8,12-13H2,1-2H3,(H,24,26). The molecule has 0 heterocycles. The first-order valence-corrected chi connectivity index (χ1v) is 9.49. The molecule has 0 aliphatic heterocycles. The first-order chi connectivity index (χ1) is 14.4. The minimum Gasteiger partial charge on any atom is -0.465 e. The molecule has 1 saturated carbocycles. The van der Waals surface area contributed by atoms with E-state index in [1.165, 1.54) is 44.6 Å². The van der Waals surface area contributed by atoms with Gasteiger partial charge in [0.1, 0.15) is 5.82 Å². The van der Waals surface area contributed by atoms with E-state index in [0.29, 0.717) is 18.3 Å². The fraction of sp³-hybridized carbons (Fsp3) is 0.318. The zero-order valence-corrected chi connectivity index (χ0v) is 16.8. The number of nitrogens with one attached hydrogen (secondary N) is 1.